The van der Waals surface area contributed by atoms with Crippen LogP contribution in [0.2, 0.25) is 0 Å². The predicted octanol–water partition coefficient (Wildman–Crippen LogP) is 3.53. The molecule has 11 nitrogen and oxygen atoms in total. The molecule has 0 aliphatic carbocycles. The van der Waals surface area contributed by atoms with Crippen LogP contribution in [0.1, 0.15) is 33.3 Å². The molecule has 0 saturated carbocycles. The van der Waals surface area contributed by atoms with Crippen molar-refractivity contribution in [2.75, 3.05) is 19.5 Å². The van der Waals surface area contributed by atoms with Gasteiger partial charge in [-0.15, -0.1) is 0 Å². The number of anilines is 1. The second kappa shape index (κ2) is 13.8. The number of aliphatic hydroxyl groups is 3. The second-order valence-corrected chi connectivity index (χ2v) is 11.4. The summed E-state index contributed by atoms with van der Waals surface area (Å²) in [5.74, 6) is 0.753. The largest absolute Gasteiger partial charge is 0.497 e. The Balaban J connectivity index is 1.39. The number of rotatable bonds is 10. The van der Waals surface area contributed by atoms with Crippen molar-refractivity contribution in [1.82, 2.24) is 9.55 Å². The molecule has 5 atom stereocenters. The van der Waals surface area contributed by atoms with E-state index in [1.54, 1.807) is 68.8 Å². The van der Waals surface area contributed by atoms with Crippen molar-refractivity contribution in [2.45, 2.75) is 36.1 Å². The molecular formula is C37H35N3O8. The zero-order valence-electron chi connectivity index (χ0n) is 26.2. The first-order valence-corrected chi connectivity index (χ1v) is 15.3. The smallest absolute Gasteiger partial charge is 0.351 e. The normalized spacial score (nSPS) is 19.8. The van der Waals surface area contributed by atoms with Crippen molar-refractivity contribution in [3.8, 4) is 11.5 Å². The Morgan fingerprint density at radius 2 is 1.31 bits per heavy atom. The number of ether oxygens (including phenoxy) is 3. The van der Waals surface area contributed by atoms with E-state index in [4.69, 9.17) is 14.2 Å². The number of carbonyl (C=O) groups excluding carboxylic acids is 1. The number of carbonyl (C=O) groups is 1. The number of aliphatic hydroxyl groups excluding tert-OH is 3. The number of amides is 1. The maximum atomic E-state index is 13.2. The minimum Gasteiger partial charge on any atom is -0.497 e. The minimum absolute atomic E-state index is 0.00294. The molecular weight excluding hydrogens is 614 g/mol. The highest BCUT2D eigenvalue weighted by Crippen LogP contribution is 2.47. The standard InChI is InChI=1S/C37H35N3O8/c1-46-27-17-13-25(14-18-27)37(24-11-7-4-8-12-24,26-15-19-28(47-2)20-16-26)33(43)32-30(41)31(42)35(48-32)40-22-21-29(39-36(40)45)38-34(44)23-9-5-3-6-10-23/h3-22,30-33,35,41-43H,1-2H3,(H,38,39,44,45)/t30-,31+,32-,33?,35+/m0/s1. The first kappa shape index (κ1) is 32.6. The van der Waals surface area contributed by atoms with Gasteiger partial charge in [0, 0.05) is 11.8 Å². The van der Waals surface area contributed by atoms with Crippen LogP contribution in [-0.2, 0) is 10.2 Å². The molecule has 1 aliphatic rings. The van der Waals surface area contributed by atoms with Gasteiger partial charge in [-0.1, -0.05) is 72.8 Å². The molecule has 246 valence electrons. The molecule has 1 amide bonds. The average molecular weight is 650 g/mol. The molecule has 48 heavy (non-hydrogen) atoms. The molecule has 0 radical (unpaired) electrons. The van der Waals surface area contributed by atoms with E-state index in [0.717, 1.165) is 4.57 Å². The topological polar surface area (TPSA) is 152 Å². The predicted molar refractivity (Wildman–Crippen MR) is 177 cm³/mol. The van der Waals surface area contributed by atoms with Gasteiger partial charge < -0.3 is 34.8 Å². The number of nitrogens with zero attached hydrogens (tertiary/aromatic N) is 2. The molecule has 11 heteroatoms. The maximum Gasteiger partial charge on any atom is 0.351 e. The lowest BCUT2D eigenvalue weighted by Crippen LogP contribution is -2.52. The minimum atomic E-state index is -1.62. The lowest BCUT2D eigenvalue weighted by atomic mass is 9.64. The quantitative estimate of drug-likeness (QED) is 0.167. The molecule has 1 aliphatic heterocycles. The Morgan fingerprint density at radius 1 is 0.792 bits per heavy atom. The molecule has 1 fully saturated rings. The first-order chi connectivity index (χ1) is 23.3. The Hall–Kier alpha value is -5.33. The number of hydrogen-bond acceptors (Lipinski definition) is 9. The van der Waals surface area contributed by atoms with Crippen LogP contribution in [-0.4, -0.2) is 69.4 Å². The van der Waals surface area contributed by atoms with E-state index in [1.165, 1.54) is 12.3 Å². The Morgan fingerprint density at radius 3 is 1.83 bits per heavy atom. The van der Waals surface area contributed by atoms with Crippen LogP contribution in [0.4, 0.5) is 5.82 Å². The molecule has 1 unspecified atom stereocenters. The van der Waals surface area contributed by atoms with E-state index < -0.39 is 47.7 Å². The van der Waals surface area contributed by atoms with Gasteiger partial charge in [-0.25, -0.2) is 4.79 Å². The van der Waals surface area contributed by atoms with Gasteiger partial charge in [0.15, 0.2) is 6.23 Å². The summed E-state index contributed by atoms with van der Waals surface area (Å²) in [7, 11) is 3.12. The van der Waals surface area contributed by atoms with Gasteiger partial charge in [0.1, 0.15) is 41.7 Å². The summed E-state index contributed by atoms with van der Waals surface area (Å²) in [6.45, 7) is 0. The van der Waals surface area contributed by atoms with Crippen LogP contribution in [0.5, 0.6) is 11.5 Å². The van der Waals surface area contributed by atoms with Gasteiger partial charge in [0.25, 0.3) is 5.91 Å². The first-order valence-electron chi connectivity index (χ1n) is 15.3. The number of nitrogens with one attached hydrogen (secondary N) is 1. The van der Waals surface area contributed by atoms with Crippen molar-refractivity contribution >= 4 is 11.7 Å². The van der Waals surface area contributed by atoms with Crippen molar-refractivity contribution in [3.05, 3.63) is 154 Å². The summed E-state index contributed by atoms with van der Waals surface area (Å²) < 4.78 is 18.0. The highest BCUT2D eigenvalue weighted by Gasteiger charge is 2.55. The van der Waals surface area contributed by atoms with Gasteiger partial charge in [-0.05, 0) is 59.2 Å². The van der Waals surface area contributed by atoms with Crippen molar-refractivity contribution < 1.29 is 34.3 Å². The molecule has 5 aromatic rings. The SMILES string of the molecule is COc1ccc(C(c2ccccc2)(c2ccc(OC)cc2)C(O)[C@H]2O[C@@H](n3ccc(NC(=O)c4ccccc4)nc3=O)[C@H](O)[C@@H]2O)cc1. The third-order valence-corrected chi connectivity index (χ3v) is 8.73. The summed E-state index contributed by atoms with van der Waals surface area (Å²) in [5, 5.41) is 37.8. The third kappa shape index (κ3) is 5.96. The molecule has 2 heterocycles. The molecule has 1 aromatic heterocycles. The van der Waals surface area contributed by atoms with Crippen molar-refractivity contribution in [1.29, 1.82) is 0 Å². The maximum absolute atomic E-state index is 13.2. The molecule has 4 N–H and O–H groups in total. The summed E-state index contributed by atoms with van der Waals surface area (Å²) in [6.07, 6.45) is -6.23. The number of benzene rings is 4. The molecule has 0 spiro atoms. The van der Waals surface area contributed by atoms with Gasteiger partial charge in [0.2, 0.25) is 0 Å². The average Bonchev–Trinajstić information content (AvgIpc) is 3.42. The van der Waals surface area contributed by atoms with E-state index in [2.05, 4.69) is 10.3 Å². The summed E-state index contributed by atoms with van der Waals surface area (Å²) in [4.78, 5) is 29.7. The van der Waals surface area contributed by atoms with Crippen LogP contribution >= 0.6 is 0 Å². The fourth-order valence-electron chi connectivity index (χ4n) is 6.30. The Labute approximate surface area is 276 Å². The van der Waals surface area contributed by atoms with Crippen molar-refractivity contribution in [2.24, 2.45) is 0 Å². The highest BCUT2D eigenvalue weighted by molar-refractivity contribution is 6.03. The van der Waals surface area contributed by atoms with Crippen LogP contribution in [0.25, 0.3) is 0 Å². The third-order valence-electron chi connectivity index (χ3n) is 8.73. The summed E-state index contributed by atoms with van der Waals surface area (Å²) >= 11 is 0. The molecule has 0 bridgehead atoms. The zero-order chi connectivity index (χ0) is 33.8. The van der Waals surface area contributed by atoms with Crippen LogP contribution in [0.3, 0.4) is 0 Å². The van der Waals surface area contributed by atoms with Crippen LogP contribution in [0, 0.1) is 0 Å². The van der Waals surface area contributed by atoms with Gasteiger partial charge >= 0.3 is 5.69 Å². The lowest BCUT2D eigenvalue weighted by molar-refractivity contribution is -0.0992. The van der Waals surface area contributed by atoms with E-state index in [0.29, 0.717) is 33.8 Å². The number of methoxy groups -OCH3 is 2. The lowest BCUT2D eigenvalue weighted by Gasteiger charge is -2.42. The number of hydrogen-bond donors (Lipinski definition) is 4. The van der Waals surface area contributed by atoms with Crippen LogP contribution < -0.4 is 20.5 Å². The van der Waals surface area contributed by atoms with E-state index in [1.807, 2.05) is 54.6 Å². The Kier molecular flexibility index (Phi) is 9.37. The van der Waals surface area contributed by atoms with E-state index in [-0.39, 0.29) is 5.82 Å². The summed E-state index contributed by atoms with van der Waals surface area (Å²) in [6, 6.07) is 33.5. The number of aromatic nitrogens is 2. The van der Waals surface area contributed by atoms with Gasteiger partial charge in [-0.3, -0.25) is 9.36 Å². The Bertz CT molecular complexity index is 1850. The fourth-order valence-corrected chi connectivity index (χ4v) is 6.30. The monoisotopic (exact) mass is 649 g/mol. The zero-order valence-corrected chi connectivity index (χ0v) is 26.2. The molecule has 1 saturated heterocycles. The van der Waals surface area contributed by atoms with E-state index in [9.17, 15) is 24.9 Å². The molecule has 4 aromatic carbocycles. The molecule has 6 rings (SSSR count). The second-order valence-electron chi connectivity index (χ2n) is 11.4. The van der Waals surface area contributed by atoms with Gasteiger partial charge in [0.05, 0.1) is 19.6 Å². The highest BCUT2D eigenvalue weighted by atomic mass is 16.6. The van der Waals surface area contributed by atoms with Gasteiger partial charge in [-0.2, -0.15) is 4.98 Å². The van der Waals surface area contributed by atoms with E-state index >= 15 is 0 Å². The fraction of sp³-hybridized carbons (Fsp3) is 0.216. The van der Waals surface area contributed by atoms with Crippen molar-refractivity contribution in [3.63, 3.8) is 0 Å². The summed E-state index contributed by atoms with van der Waals surface area (Å²) in [5.41, 5.74) is 0.172. The van der Waals surface area contributed by atoms with Crippen LogP contribution in [0.15, 0.2) is 126 Å².